The molecule has 2 heterocycles. The maximum Gasteiger partial charge on any atom is 0.250 e. The average Bonchev–Trinajstić information content (AvgIpc) is 2.18. The van der Waals surface area contributed by atoms with Gasteiger partial charge in [0.15, 0.2) is 0 Å². The number of nitrogens with one attached hydrogen (secondary N) is 1. The van der Waals surface area contributed by atoms with Crippen LogP contribution in [0.15, 0.2) is 41.5 Å². The van der Waals surface area contributed by atoms with E-state index in [9.17, 15) is 4.79 Å². The van der Waals surface area contributed by atoms with Gasteiger partial charge >= 0.3 is 0 Å². The van der Waals surface area contributed by atoms with Gasteiger partial charge in [0, 0.05) is 24.0 Å². The summed E-state index contributed by atoms with van der Waals surface area (Å²) >= 11 is 0. The molecule has 2 aromatic heterocycles. The predicted octanol–water partition coefficient (Wildman–Crippen LogP) is 1.02. The van der Waals surface area contributed by atoms with Crippen LogP contribution >= 0.6 is 0 Å². The summed E-state index contributed by atoms with van der Waals surface area (Å²) in [5.41, 5.74) is 6.97. The molecular weight excluding hydrogens is 178 g/mol. The third-order valence-electron chi connectivity index (χ3n) is 1.86. The average molecular weight is 187 g/mol. The second-order valence-corrected chi connectivity index (χ2v) is 2.93. The van der Waals surface area contributed by atoms with Crippen molar-refractivity contribution in [3.63, 3.8) is 0 Å². The first-order chi connectivity index (χ1) is 6.75. The van der Waals surface area contributed by atoms with Crippen LogP contribution in [-0.2, 0) is 0 Å². The second-order valence-electron chi connectivity index (χ2n) is 2.93. The molecule has 0 aliphatic carbocycles. The molecule has 0 aliphatic heterocycles. The lowest BCUT2D eigenvalue weighted by Gasteiger charge is -2.00. The van der Waals surface area contributed by atoms with E-state index >= 15 is 0 Å². The van der Waals surface area contributed by atoms with E-state index in [1.54, 1.807) is 18.5 Å². The highest BCUT2D eigenvalue weighted by Crippen LogP contribution is 2.16. The number of hydrogen-bond donors (Lipinski definition) is 2. The Kier molecular flexibility index (Phi) is 2.02. The van der Waals surface area contributed by atoms with E-state index in [0.29, 0.717) is 5.82 Å². The zero-order chi connectivity index (χ0) is 9.97. The van der Waals surface area contributed by atoms with Crippen molar-refractivity contribution in [2.24, 2.45) is 0 Å². The molecular formula is C10H9N3O. The van der Waals surface area contributed by atoms with E-state index in [1.807, 2.05) is 12.1 Å². The van der Waals surface area contributed by atoms with E-state index in [2.05, 4.69) is 9.97 Å². The summed E-state index contributed by atoms with van der Waals surface area (Å²) in [5, 5.41) is 0. The summed E-state index contributed by atoms with van der Waals surface area (Å²) < 4.78 is 0. The summed E-state index contributed by atoms with van der Waals surface area (Å²) in [5.74, 6) is 0.358. The summed E-state index contributed by atoms with van der Waals surface area (Å²) in [4.78, 5) is 17.6. The molecule has 0 bridgehead atoms. The highest BCUT2D eigenvalue weighted by Gasteiger charge is 1.99. The quantitative estimate of drug-likeness (QED) is 0.700. The number of hydrogen-bond acceptors (Lipinski definition) is 3. The van der Waals surface area contributed by atoms with E-state index in [4.69, 9.17) is 5.73 Å². The van der Waals surface area contributed by atoms with Crippen molar-refractivity contribution in [3.8, 4) is 11.1 Å². The van der Waals surface area contributed by atoms with Crippen LogP contribution in [0.25, 0.3) is 11.1 Å². The lowest BCUT2D eigenvalue weighted by molar-refractivity contribution is 1.24. The molecule has 0 atom stereocenters. The molecule has 0 unspecified atom stereocenters. The molecule has 2 aromatic rings. The molecule has 0 spiro atoms. The Bertz CT molecular complexity index is 490. The van der Waals surface area contributed by atoms with Gasteiger partial charge in [-0.05, 0) is 17.7 Å². The number of pyridine rings is 2. The smallest absolute Gasteiger partial charge is 0.250 e. The molecule has 4 nitrogen and oxygen atoms in total. The first-order valence-electron chi connectivity index (χ1n) is 4.16. The molecule has 2 rings (SSSR count). The predicted molar refractivity (Wildman–Crippen MR) is 54.7 cm³/mol. The number of aromatic amines is 1. The maximum atomic E-state index is 11.1. The largest absolute Gasteiger partial charge is 0.385 e. The fourth-order valence-corrected chi connectivity index (χ4v) is 1.27. The number of rotatable bonds is 1. The lowest BCUT2D eigenvalue weighted by Crippen LogP contribution is -2.07. The molecule has 70 valence electrons. The minimum atomic E-state index is -0.205. The molecule has 4 heteroatoms. The standard InChI is InChI=1S/C10H9N3O/c11-9-4-8(5-10(14)13-9)7-2-1-3-12-6-7/h1-6H,(H3,11,13,14). The zero-order valence-corrected chi connectivity index (χ0v) is 7.40. The Morgan fingerprint density at radius 3 is 2.79 bits per heavy atom. The van der Waals surface area contributed by atoms with Gasteiger partial charge in [-0.25, -0.2) is 0 Å². The van der Waals surface area contributed by atoms with Gasteiger partial charge in [-0.3, -0.25) is 9.78 Å². The van der Waals surface area contributed by atoms with Crippen LogP contribution in [0.3, 0.4) is 0 Å². The molecule has 0 aliphatic rings. The van der Waals surface area contributed by atoms with E-state index in [1.165, 1.54) is 6.07 Å². The van der Waals surface area contributed by atoms with Crippen LogP contribution in [0.1, 0.15) is 0 Å². The van der Waals surface area contributed by atoms with Crippen LogP contribution in [0.5, 0.6) is 0 Å². The highest BCUT2D eigenvalue weighted by atomic mass is 16.1. The van der Waals surface area contributed by atoms with Crippen LogP contribution in [0.4, 0.5) is 5.82 Å². The highest BCUT2D eigenvalue weighted by molar-refractivity contribution is 5.64. The third kappa shape index (κ3) is 1.64. The number of aromatic nitrogens is 2. The van der Waals surface area contributed by atoms with Gasteiger partial charge in [-0.2, -0.15) is 0 Å². The molecule has 0 saturated carbocycles. The Balaban J connectivity index is 2.58. The van der Waals surface area contributed by atoms with Crippen molar-refractivity contribution in [1.82, 2.24) is 9.97 Å². The van der Waals surface area contributed by atoms with Gasteiger partial charge in [0.2, 0.25) is 5.56 Å². The molecule has 14 heavy (non-hydrogen) atoms. The topological polar surface area (TPSA) is 71.8 Å². The number of nitrogens with two attached hydrogens (primary N) is 1. The number of nitrogen functional groups attached to an aromatic ring is 1. The van der Waals surface area contributed by atoms with E-state index in [-0.39, 0.29) is 5.56 Å². The van der Waals surface area contributed by atoms with Crippen molar-refractivity contribution >= 4 is 5.82 Å². The van der Waals surface area contributed by atoms with Crippen LogP contribution < -0.4 is 11.3 Å². The van der Waals surface area contributed by atoms with Gasteiger partial charge in [0.25, 0.3) is 0 Å². The number of nitrogens with zero attached hydrogens (tertiary/aromatic N) is 1. The van der Waals surface area contributed by atoms with Crippen LogP contribution in [0.2, 0.25) is 0 Å². The summed E-state index contributed by atoms with van der Waals surface area (Å²) in [6, 6.07) is 6.89. The fourth-order valence-electron chi connectivity index (χ4n) is 1.27. The summed E-state index contributed by atoms with van der Waals surface area (Å²) in [7, 11) is 0. The monoisotopic (exact) mass is 187 g/mol. The van der Waals surface area contributed by atoms with E-state index in [0.717, 1.165) is 11.1 Å². The fraction of sp³-hybridized carbons (Fsp3) is 0. The van der Waals surface area contributed by atoms with Crippen molar-refractivity contribution in [2.45, 2.75) is 0 Å². The zero-order valence-electron chi connectivity index (χ0n) is 7.40. The second kappa shape index (κ2) is 3.33. The van der Waals surface area contributed by atoms with Crippen molar-refractivity contribution < 1.29 is 0 Å². The SMILES string of the molecule is Nc1cc(-c2cccnc2)cc(=O)[nH]1. The van der Waals surface area contributed by atoms with Crippen LogP contribution in [-0.4, -0.2) is 9.97 Å². The lowest BCUT2D eigenvalue weighted by atomic mass is 10.1. The van der Waals surface area contributed by atoms with Gasteiger partial charge in [-0.15, -0.1) is 0 Å². The Morgan fingerprint density at radius 2 is 2.14 bits per heavy atom. The number of anilines is 1. The normalized spacial score (nSPS) is 10.0. The maximum absolute atomic E-state index is 11.1. The minimum absolute atomic E-state index is 0.205. The van der Waals surface area contributed by atoms with E-state index < -0.39 is 0 Å². The van der Waals surface area contributed by atoms with Gasteiger partial charge in [0.05, 0.1) is 0 Å². The van der Waals surface area contributed by atoms with Gasteiger partial charge in [-0.1, -0.05) is 6.07 Å². The van der Waals surface area contributed by atoms with Gasteiger partial charge in [0.1, 0.15) is 5.82 Å². The molecule has 0 saturated heterocycles. The van der Waals surface area contributed by atoms with Gasteiger partial charge < -0.3 is 10.7 Å². The summed E-state index contributed by atoms with van der Waals surface area (Å²) in [6.45, 7) is 0. The first-order valence-corrected chi connectivity index (χ1v) is 4.16. The Hall–Kier alpha value is -2.10. The first kappa shape index (κ1) is 8.50. The van der Waals surface area contributed by atoms with Crippen molar-refractivity contribution in [2.75, 3.05) is 5.73 Å². The van der Waals surface area contributed by atoms with Crippen molar-refractivity contribution in [1.29, 1.82) is 0 Å². The molecule has 0 aromatic carbocycles. The summed E-state index contributed by atoms with van der Waals surface area (Å²) in [6.07, 6.45) is 3.37. The van der Waals surface area contributed by atoms with Crippen molar-refractivity contribution in [3.05, 3.63) is 47.0 Å². The Morgan fingerprint density at radius 1 is 1.29 bits per heavy atom. The Labute approximate surface area is 80.4 Å². The number of H-pyrrole nitrogens is 1. The molecule has 0 fully saturated rings. The molecule has 0 radical (unpaired) electrons. The third-order valence-corrected chi connectivity index (χ3v) is 1.86. The molecule has 3 N–H and O–H groups in total. The minimum Gasteiger partial charge on any atom is -0.385 e. The molecule has 0 amide bonds. The van der Waals surface area contributed by atoms with Crippen LogP contribution in [0, 0.1) is 0 Å².